The number of hydrogen-bond acceptors (Lipinski definition) is 1. The summed E-state index contributed by atoms with van der Waals surface area (Å²) in [6.07, 6.45) is 5.17. The Labute approximate surface area is 118 Å². The molecule has 2 nitrogen and oxygen atoms in total. The average Bonchev–Trinajstić information content (AvgIpc) is 2.92. The number of benzene rings is 2. The second kappa shape index (κ2) is 5.74. The smallest absolute Gasteiger partial charge is 0.150 e. The predicted molar refractivity (Wildman–Crippen MR) is 82.1 cm³/mol. The highest BCUT2D eigenvalue weighted by Crippen LogP contribution is 2.19. The topological polar surface area (TPSA) is 22.0 Å². The van der Waals surface area contributed by atoms with Crippen LogP contribution in [-0.4, -0.2) is 10.9 Å². The monoisotopic (exact) mass is 263 g/mol. The van der Waals surface area contributed by atoms with Crippen LogP contribution in [-0.2, 0) is 13.0 Å². The molecule has 2 heteroatoms. The molecule has 0 saturated carbocycles. The van der Waals surface area contributed by atoms with E-state index >= 15 is 0 Å². The number of aromatic nitrogens is 1. The summed E-state index contributed by atoms with van der Waals surface area (Å²) in [5.74, 6) is 0. The van der Waals surface area contributed by atoms with E-state index in [1.807, 2.05) is 24.3 Å². The van der Waals surface area contributed by atoms with Crippen molar-refractivity contribution < 1.29 is 4.79 Å². The van der Waals surface area contributed by atoms with Crippen LogP contribution in [0.15, 0.2) is 60.8 Å². The molecule has 1 heterocycles. The maximum absolute atomic E-state index is 11.0. The summed E-state index contributed by atoms with van der Waals surface area (Å²) in [7, 11) is 0. The van der Waals surface area contributed by atoms with Crippen LogP contribution in [0.2, 0.25) is 0 Å². The average molecular weight is 263 g/mol. The highest BCUT2D eigenvalue weighted by atomic mass is 16.1. The van der Waals surface area contributed by atoms with Gasteiger partial charge in [-0.25, -0.2) is 0 Å². The standard InChI is InChI=1S/C18H17NO/c20-14-16-9-4-10-18-17(16)11-13-19(18)12-5-8-15-6-2-1-3-7-15/h1-4,6-7,9-11,13-14H,5,8,12H2. The molecule has 0 aliphatic carbocycles. The summed E-state index contributed by atoms with van der Waals surface area (Å²) in [4.78, 5) is 11.0. The van der Waals surface area contributed by atoms with Crippen molar-refractivity contribution in [1.29, 1.82) is 0 Å². The zero-order valence-electron chi connectivity index (χ0n) is 11.3. The summed E-state index contributed by atoms with van der Waals surface area (Å²) in [6.45, 7) is 0.973. The van der Waals surface area contributed by atoms with Gasteiger partial charge in [-0.3, -0.25) is 4.79 Å². The molecule has 0 N–H and O–H groups in total. The van der Waals surface area contributed by atoms with Crippen LogP contribution in [0.3, 0.4) is 0 Å². The molecule has 0 radical (unpaired) electrons. The summed E-state index contributed by atoms with van der Waals surface area (Å²) in [6, 6.07) is 18.4. The minimum Gasteiger partial charge on any atom is -0.347 e. The first kappa shape index (κ1) is 12.7. The SMILES string of the molecule is O=Cc1cccc2c1ccn2CCCc1ccccc1. The predicted octanol–water partition coefficient (Wildman–Crippen LogP) is 4.09. The quantitative estimate of drug-likeness (QED) is 0.635. The third kappa shape index (κ3) is 2.50. The third-order valence-corrected chi connectivity index (χ3v) is 3.68. The van der Waals surface area contributed by atoms with Crippen molar-refractivity contribution in [3.05, 3.63) is 71.9 Å². The Bertz CT molecular complexity index is 713. The molecule has 0 atom stereocenters. The maximum Gasteiger partial charge on any atom is 0.150 e. The number of rotatable bonds is 5. The first-order chi connectivity index (χ1) is 9.88. The number of hydrogen-bond donors (Lipinski definition) is 0. The van der Waals surface area contributed by atoms with Gasteiger partial charge in [0.2, 0.25) is 0 Å². The van der Waals surface area contributed by atoms with Crippen LogP contribution in [0.4, 0.5) is 0 Å². The van der Waals surface area contributed by atoms with E-state index in [0.29, 0.717) is 0 Å². The molecule has 0 unspecified atom stereocenters. The molecule has 3 rings (SSSR count). The van der Waals surface area contributed by atoms with Crippen molar-refractivity contribution >= 4 is 17.2 Å². The van der Waals surface area contributed by atoms with Gasteiger partial charge in [0.15, 0.2) is 6.29 Å². The van der Waals surface area contributed by atoms with Gasteiger partial charge in [-0.15, -0.1) is 0 Å². The molecule has 0 aliphatic heterocycles. The number of nitrogens with zero attached hydrogens (tertiary/aromatic N) is 1. The lowest BCUT2D eigenvalue weighted by atomic mass is 10.1. The van der Waals surface area contributed by atoms with Crippen LogP contribution in [0.5, 0.6) is 0 Å². The van der Waals surface area contributed by atoms with Gasteiger partial charge < -0.3 is 4.57 Å². The van der Waals surface area contributed by atoms with Gasteiger partial charge in [-0.2, -0.15) is 0 Å². The molecule has 100 valence electrons. The molecule has 0 spiro atoms. The Balaban J connectivity index is 1.74. The molecule has 0 amide bonds. The molecule has 1 aromatic heterocycles. The van der Waals surface area contributed by atoms with Crippen LogP contribution < -0.4 is 0 Å². The third-order valence-electron chi connectivity index (χ3n) is 3.68. The Hall–Kier alpha value is -2.35. The van der Waals surface area contributed by atoms with Crippen molar-refractivity contribution in [2.45, 2.75) is 19.4 Å². The molecule has 0 fully saturated rings. The second-order valence-electron chi connectivity index (χ2n) is 5.00. The maximum atomic E-state index is 11.0. The van der Waals surface area contributed by atoms with Crippen molar-refractivity contribution in [3.63, 3.8) is 0 Å². The molecule has 2 aromatic carbocycles. The zero-order chi connectivity index (χ0) is 13.8. The highest BCUT2D eigenvalue weighted by molar-refractivity contribution is 5.97. The van der Waals surface area contributed by atoms with Gasteiger partial charge in [0.05, 0.1) is 0 Å². The summed E-state index contributed by atoms with van der Waals surface area (Å²) < 4.78 is 2.23. The molecule has 0 bridgehead atoms. The highest BCUT2D eigenvalue weighted by Gasteiger charge is 2.04. The van der Waals surface area contributed by atoms with Gasteiger partial charge >= 0.3 is 0 Å². The van der Waals surface area contributed by atoms with E-state index in [2.05, 4.69) is 41.1 Å². The Morgan fingerprint density at radius 2 is 1.80 bits per heavy atom. The fourth-order valence-electron chi connectivity index (χ4n) is 2.64. The first-order valence-corrected chi connectivity index (χ1v) is 6.95. The molecule has 0 aliphatic rings. The molecule has 0 saturated heterocycles. The second-order valence-corrected chi connectivity index (χ2v) is 5.00. The van der Waals surface area contributed by atoms with Gasteiger partial charge in [-0.1, -0.05) is 42.5 Å². The fourth-order valence-corrected chi connectivity index (χ4v) is 2.64. The minimum absolute atomic E-state index is 0.768. The van der Waals surface area contributed by atoms with Crippen LogP contribution in [0.1, 0.15) is 22.3 Å². The number of aldehydes is 1. The van der Waals surface area contributed by atoms with E-state index in [9.17, 15) is 4.79 Å². The lowest BCUT2D eigenvalue weighted by molar-refractivity contribution is 0.112. The molecular weight excluding hydrogens is 246 g/mol. The van der Waals surface area contributed by atoms with E-state index in [1.165, 1.54) is 5.56 Å². The molecule has 3 aromatic rings. The Morgan fingerprint density at radius 3 is 2.60 bits per heavy atom. The van der Waals surface area contributed by atoms with Crippen molar-refractivity contribution in [3.8, 4) is 0 Å². The number of aryl methyl sites for hydroxylation is 2. The number of carbonyl (C=O) groups excluding carboxylic acids is 1. The van der Waals surface area contributed by atoms with Crippen molar-refractivity contribution in [2.75, 3.05) is 0 Å². The zero-order valence-corrected chi connectivity index (χ0v) is 11.3. The van der Waals surface area contributed by atoms with Gasteiger partial charge in [-0.05, 0) is 30.5 Å². The fraction of sp³-hybridized carbons (Fsp3) is 0.167. The van der Waals surface area contributed by atoms with Gasteiger partial charge in [0, 0.05) is 29.2 Å². The van der Waals surface area contributed by atoms with Crippen LogP contribution in [0.25, 0.3) is 10.9 Å². The lowest BCUT2D eigenvalue weighted by Crippen LogP contribution is -1.98. The lowest BCUT2D eigenvalue weighted by Gasteiger charge is -2.06. The summed E-state index contributed by atoms with van der Waals surface area (Å²) in [5, 5.41) is 1.04. The summed E-state index contributed by atoms with van der Waals surface area (Å²) in [5.41, 5.74) is 3.28. The van der Waals surface area contributed by atoms with E-state index in [4.69, 9.17) is 0 Å². The minimum atomic E-state index is 0.768. The molecule has 20 heavy (non-hydrogen) atoms. The van der Waals surface area contributed by atoms with Gasteiger partial charge in [0.1, 0.15) is 0 Å². The molecular formula is C18H17NO. The van der Waals surface area contributed by atoms with Crippen LogP contribution >= 0.6 is 0 Å². The van der Waals surface area contributed by atoms with Crippen molar-refractivity contribution in [2.24, 2.45) is 0 Å². The van der Waals surface area contributed by atoms with E-state index in [1.54, 1.807) is 0 Å². The van der Waals surface area contributed by atoms with E-state index in [-0.39, 0.29) is 0 Å². The summed E-state index contributed by atoms with van der Waals surface area (Å²) >= 11 is 0. The Morgan fingerprint density at radius 1 is 0.950 bits per heavy atom. The van der Waals surface area contributed by atoms with E-state index in [0.717, 1.165) is 42.1 Å². The Kier molecular flexibility index (Phi) is 3.64. The van der Waals surface area contributed by atoms with E-state index < -0.39 is 0 Å². The largest absolute Gasteiger partial charge is 0.347 e. The first-order valence-electron chi connectivity index (χ1n) is 6.95. The van der Waals surface area contributed by atoms with Crippen LogP contribution in [0, 0.1) is 0 Å². The normalized spacial score (nSPS) is 10.8. The van der Waals surface area contributed by atoms with Crippen molar-refractivity contribution in [1.82, 2.24) is 4.57 Å². The number of fused-ring (bicyclic) bond motifs is 1. The van der Waals surface area contributed by atoms with Gasteiger partial charge in [0.25, 0.3) is 0 Å². The number of carbonyl (C=O) groups is 1.